The number of sulfone groups is 1. The van der Waals surface area contributed by atoms with E-state index in [4.69, 9.17) is 11.6 Å². The maximum Gasteiger partial charge on any atom is 0.255 e. The van der Waals surface area contributed by atoms with Crippen molar-refractivity contribution in [2.75, 3.05) is 11.1 Å². The first-order chi connectivity index (χ1) is 13.8. The van der Waals surface area contributed by atoms with Gasteiger partial charge in [-0.2, -0.15) is 0 Å². The molecule has 0 fully saturated rings. The van der Waals surface area contributed by atoms with Gasteiger partial charge in [0.2, 0.25) is 0 Å². The zero-order chi connectivity index (χ0) is 21.0. The molecule has 5 nitrogen and oxygen atoms in total. The second-order valence-electron chi connectivity index (χ2n) is 6.27. The molecule has 0 spiro atoms. The number of nitrogens with one attached hydrogen (secondary N) is 1. The van der Waals surface area contributed by atoms with Gasteiger partial charge in [-0.05, 0) is 42.5 Å². The summed E-state index contributed by atoms with van der Waals surface area (Å²) in [7, 11) is -3.34. The predicted molar refractivity (Wildman–Crippen MR) is 113 cm³/mol. The van der Waals surface area contributed by atoms with Crippen LogP contribution in [0.5, 0.6) is 0 Å². The van der Waals surface area contributed by atoms with Crippen molar-refractivity contribution in [3.8, 4) is 0 Å². The molecule has 0 bridgehead atoms. The molecule has 0 saturated carbocycles. The van der Waals surface area contributed by atoms with Crippen LogP contribution in [0.1, 0.15) is 33.2 Å². The van der Waals surface area contributed by atoms with Crippen LogP contribution in [-0.4, -0.2) is 25.9 Å². The number of ketones is 1. The predicted octanol–water partition coefficient (Wildman–Crippen LogP) is 4.62. The molecular formula is C22H18ClNO4S. The Morgan fingerprint density at radius 1 is 0.897 bits per heavy atom. The number of carbonyl (C=O) groups excluding carboxylic acids is 2. The topological polar surface area (TPSA) is 80.3 Å². The summed E-state index contributed by atoms with van der Waals surface area (Å²) in [6.07, 6.45) is 0. The Morgan fingerprint density at radius 3 is 2.17 bits per heavy atom. The molecule has 0 aromatic heterocycles. The van der Waals surface area contributed by atoms with Gasteiger partial charge in [0, 0.05) is 21.7 Å². The summed E-state index contributed by atoms with van der Waals surface area (Å²) in [4.78, 5) is 25.6. The third kappa shape index (κ3) is 4.72. The van der Waals surface area contributed by atoms with E-state index in [0.29, 0.717) is 16.3 Å². The molecule has 1 amide bonds. The van der Waals surface area contributed by atoms with Gasteiger partial charge in [-0.3, -0.25) is 9.59 Å². The van der Waals surface area contributed by atoms with Crippen LogP contribution in [0.4, 0.5) is 5.69 Å². The molecule has 0 aliphatic heterocycles. The molecule has 148 valence electrons. The fourth-order valence-corrected chi connectivity index (χ4v) is 3.79. The number of carbonyl (C=O) groups is 2. The van der Waals surface area contributed by atoms with E-state index in [-0.39, 0.29) is 27.6 Å². The van der Waals surface area contributed by atoms with Gasteiger partial charge in [0.1, 0.15) is 0 Å². The Balaban J connectivity index is 1.89. The van der Waals surface area contributed by atoms with Crippen molar-refractivity contribution >= 4 is 38.8 Å². The molecular weight excluding hydrogens is 410 g/mol. The Bertz CT molecular complexity index is 1160. The lowest BCUT2D eigenvalue weighted by Gasteiger charge is -2.12. The summed E-state index contributed by atoms with van der Waals surface area (Å²) in [5, 5.41) is 3.08. The third-order valence-corrected chi connectivity index (χ3v) is 6.35. The molecule has 0 atom stereocenters. The van der Waals surface area contributed by atoms with Crippen LogP contribution in [-0.2, 0) is 9.84 Å². The van der Waals surface area contributed by atoms with E-state index in [1.165, 1.54) is 30.3 Å². The number of benzene rings is 3. The minimum Gasteiger partial charge on any atom is -0.321 e. The van der Waals surface area contributed by atoms with Crippen LogP contribution in [0.15, 0.2) is 77.7 Å². The lowest BCUT2D eigenvalue weighted by atomic mass is 10.0. The molecule has 3 aromatic carbocycles. The number of hydrogen-bond donors (Lipinski definition) is 1. The van der Waals surface area contributed by atoms with Gasteiger partial charge in [0.05, 0.1) is 16.3 Å². The first-order valence-corrected chi connectivity index (χ1v) is 10.9. The maximum absolute atomic E-state index is 12.8. The van der Waals surface area contributed by atoms with Gasteiger partial charge in [-0.25, -0.2) is 8.42 Å². The summed E-state index contributed by atoms with van der Waals surface area (Å²) in [5.74, 6) is -0.753. The van der Waals surface area contributed by atoms with Crippen LogP contribution in [0, 0.1) is 0 Å². The average molecular weight is 428 g/mol. The van der Waals surface area contributed by atoms with Gasteiger partial charge >= 0.3 is 0 Å². The van der Waals surface area contributed by atoms with Crippen molar-refractivity contribution in [2.45, 2.75) is 11.8 Å². The summed E-state index contributed by atoms with van der Waals surface area (Å²) < 4.78 is 23.8. The highest BCUT2D eigenvalue weighted by Gasteiger charge is 2.17. The smallest absolute Gasteiger partial charge is 0.255 e. The van der Waals surface area contributed by atoms with Crippen LogP contribution in [0.25, 0.3) is 0 Å². The summed E-state index contributed by atoms with van der Waals surface area (Å²) in [6.45, 7) is 1.56. The van der Waals surface area contributed by atoms with Crippen LogP contribution < -0.4 is 5.32 Å². The first kappa shape index (κ1) is 20.8. The van der Waals surface area contributed by atoms with Gasteiger partial charge in [0.25, 0.3) is 5.91 Å². The lowest BCUT2D eigenvalue weighted by Crippen LogP contribution is -2.15. The molecule has 0 radical (unpaired) electrons. The lowest BCUT2D eigenvalue weighted by molar-refractivity contribution is 0.102. The zero-order valence-corrected chi connectivity index (χ0v) is 17.1. The van der Waals surface area contributed by atoms with E-state index in [1.54, 1.807) is 49.4 Å². The average Bonchev–Trinajstić information content (AvgIpc) is 2.75. The summed E-state index contributed by atoms with van der Waals surface area (Å²) >= 11 is 6.05. The summed E-state index contributed by atoms with van der Waals surface area (Å²) in [5.41, 5.74) is 1.33. The van der Waals surface area contributed by atoms with E-state index in [2.05, 4.69) is 5.32 Å². The molecule has 1 N–H and O–H groups in total. The quantitative estimate of drug-likeness (QED) is 0.582. The standard InChI is InChI=1S/C22H18ClNO4S/c1-2-29(27,28)18-11-8-16(9-12-18)22(26)24-20-13-10-17(23)14-19(20)21(25)15-6-4-3-5-7-15/h3-14H,2H2,1H3,(H,24,26). The molecule has 7 heteroatoms. The molecule has 3 rings (SSSR count). The molecule has 0 saturated heterocycles. The molecule has 0 aliphatic rings. The monoisotopic (exact) mass is 427 g/mol. The van der Waals surface area contributed by atoms with Crippen molar-refractivity contribution < 1.29 is 18.0 Å². The van der Waals surface area contributed by atoms with E-state index in [0.717, 1.165) is 0 Å². The molecule has 0 aliphatic carbocycles. The minimum absolute atomic E-state index is 0.0196. The van der Waals surface area contributed by atoms with Crippen molar-refractivity contribution in [1.82, 2.24) is 0 Å². The molecule has 0 unspecified atom stereocenters. The van der Waals surface area contributed by atoms with Crippen LogP contribution in [0.2, 0.25) is 5.02 Å². The van der Waals surface area contributed by atoms with E-state index in [9.17, 15) is 18.0 Å². The third-order valence-electron chi connectivity index (χ3n) is 4.37. The highest BCUT2D eigenvalue weighted by Crippen LogP contribution is 2.24. The largest absolute Gasteiger partial charge is 0.321 e. The van der Waals surface area contributed by atoms with Crippen LogP contribution >= 0.6 is 11.6 Å². The molecule has 0 heterocycles. The van der Waals surface area contributed by atoms with E-state index >= 15 is 0 Å². The fourth-order valence-electron chi connectivity index (χ4n) is 2.73. The first-order valence-electron chi connectivity index (χ1n) is 8.85. The van der Waals surface area contributed by atoms with Crippen molar-refractivity contribution in [3.05, 3.63) is 94.5 Å². The number of hydrogen-bond acceptors (Lipinski definition) is 4. The highest BCUT2D eigenvalue weighted by molar-refractivity contribution is 7.91. The van der Waals surface area contributed by atoms with Crippen molar-refractivity contribution in [3.63, 3.8) is 0 Å². The Hall–Kier alpha value is -2.96. The zero-order valence-electron chi connectivity index (χ0n) is 15.6. The summed E-state index contributed by atoms with van der Waals surface area (Å²) in [6, 6.07) is 19.0. The van der Waals surface area contributed by atoms with Gasteiger partial charge in [-0.1, -0.05) is 48.9 Å². The second kappa shape index (κ2) is 8.59. The van der Waals surface area contributed by atoms with Crippen LogP contribution in [0.3, 0.4) is 0 Å². The minimum atomic E-state index is -3.34. The Morgan fingerprint density at radius 2 is 1.55 bits per heavy atom. The normalized spacial score (nSPS) is 11.1. The Labute approximate surface area is 174 Å². The second-order valence-corrected chi connectivity index (χ2v) is 8.98. The van der Waals surface area contributed by atoms with Gasteiger partial charge < -0.3 is 5.32 Å². The van der Waals surface area contributed by atoms with Crippen molar-refractivity contribution in [1.29, 1.82) is 0 Å². The Kier molecular flexibility index (Phi) is 6.15. The highest BCUT2D eigenvalue weighted by atomic mass is 35.5. The number of halogens is 1. The molecule has 29 heavy (non-hydrogen) atoms. The SMILES string of the molecule is CCS(=O)(=O)c1ccc(C(=O)Nc2ccc(Cl)cc2C(=O)c2ccccc2)cc1. The van der Waals surface area contributed by atoms with Gasteiger partial charge in [0.15, 0.2) is 15.6 Å². The fraction of sp³-hybridized carbons (Fsp3) is 0.0909. The number of anilines is 1. The number of amides is 1. The maximum atomic E-state index is 12.8. The van der Waals surface area contributed by atoms with E-state index in [1.807, 2.05) is 0 Å². The molecule has 3 aromatic rings. The van der Waals surface area contributed by atoms with E-state index < -0.39 is 15.7 Å². The van der Waals surface area contributed by atoms with Crippen molar-refractivity contribution in [2.24, 2.45) is 0 Å². The number of rotatable bonds is 6. The van der Waals surface area contributed by atoms with Gasteiger partial charge in [-0.15, -0.1) is 0 Å².